The van der Waals surface area contributed by atoms with E-state index >= 15 is 0 Å². The molecular weight excluding hydrogens is 299 g/mol. The van der Waals surface area contributed by atoms with E-state index in [2.05, 4.69) is 10.2 Å². The van der Waals surface area contributed by atoms with Gasteiger partial charge in [-0.05, 0) is 25.0 Å². The molecule has 7 heteroatoms. The molecule has 0 atom stereocenters. The molecule has 2 aromatic rings. The van der Waals surface area contributed by atoms with Crippen molar-refractivity contribution in [3.63, 3.8) is 0 Å². The highest BCUT2D eigenvalue weighted by Gasteiger charge is 2.24. The number of amides is 1. The molecule has 0 aliphatic carbocycles. The summed E-state index contributed by atoms with van der Waals surface area (Å²) in [6, 6.07) is 8.12. The smallest absolute Gasteiger partial charge is 0.237 e. The van der Waals surface area contributed by atoms with E-state index in [1.165, 1.54) is 0 Å². The van der Waals surface area contributed by atoms with Crippen LogP contribution in [0.25, 0.3) is 11.0 Å². The van der Waals surface area contributed by atoms with Gasteiger partial charge >= 0.3 is 0 Å². The number of aromatic nitrogens is 3. The fraction of sp³-hybridized carbons (Fsp3) is 0.462. The van der Waals surface area contributed by atoms with Crippen molar-refractivity contribution < 1.29 is 4.79 Å². The molecule has 0 bridgehead atoms. The minimum atomic E-state index is 0. The summed E-state index contributed by atoms with van der Waals surface area (Å²) >= 11 is 5.57. The van der Waals surface area contributed by atoms with E-state index in [0.717, 1.165) is 37.0 Å². The normalized spacial score (nSPS) is 16.1. The second-order valence-electron chi connectivity index (χ2n) is 4.75. The maximum absolute atomic E-state index is 11.5. The van der Waals surface area contributed by atoms with Crippen LogP contribution in [0.1, 0.15) is 18.9 Å². The molecule has 1 saturated heterocycles. The van der Waals surface area contributed by atoms with Crippen molar-refractivity contribution in [1.82, 2.24) is 19.9 Å². The van der Waals surface area contributed by atoms with E-state index in [1.807, 2.05) is 29.2 Å². The molecule has 1 amide bonds. The van der Waals surface area contributed by atoms with E-state index in [0.29, 0.717) is 0 Å². The molecule has 2 heterocycles. The van der Waals surface area contributed by atoms with Gasteiger partial charge in [-0.1, -0.05) is 12.1 Å². The first-order valence-corrected chi connectivity index (χ1v) is 6.96. The lowest BCUT2D eigenvalue weighted by Crippen LogP contribution is -2.40. The number of halogens is 2. The Kier molecular flexibility index (Phi) is 4.83. The molecule has 5 nitrogen and oxygen atoms in total. The lowest BCUT2D eigenvalue weighted by Gasteiger charge is -2.30. The first kappa shape index (κ1) is 15.1. The quantitative estimate of drug-likeness (QED) is 0.799. The zero-order chi connectivity index (χ0) is 13.2. The molecule has 1 aliphatic rings. The molecule has 0 radical (unpaired) electrons. The van der Waals surface area contributed by atoms with Crippen LogP contribution >= 0.6 is 24.0 Å². The number of hydrogen-bond acceptors (Lipinski definition) is 3. The molecule has 1 fully saturated rings. The highest BCUT2D eigenvalue weighted by molar-refractivity contribution is 6.27. The van der Waals surface area contributed by atoms with Crippen LogP contribution in [0.3, 0.4) is 0 Å². The van der Waals surface area contributed by atoms with Gasteiger partial charge in [0.2, 0.25) is 5.91 Å². The van der Waals surface area contributed by atoms with E-state index in [-0.39, 0.29) is 30.2 Å². The number of rotatable bonds is 2. The van der Waals surface area contributed by atoms with Crippen molar-refractivity contribution in [2.24, 2.45) is 0 Å². The van der Waals surface area contributed by atoms with Gasteiger partial charge in [-0.2, -0.15) is 15.0 Å². The lowest BCUT2D eigenvalue weighted by atomic mass is 10.1. The van der Waals surface area contributed by atoms with Crippen LogP contribution in [-0.2, 0) is 4.79 Å². The van der Waals surface area contributed by atoms with Crippen molar-refractivity contribution in [3.05, 3.63) is 24.3 Å². The van der Waals surface area contributed by atoms with Crippen LogP contribution in [0.2, 0.25) is 0 Å². The Balaban J connectivity index is 0.00000147. The van der Waals surface area contributed by atoms with Gasteiger partial charge in [-0.15, -0.1) is 24.0 Å². The van der Waals surface area contributed by atoms with Crippen molar-refractivity contribution in [1.29, 1.82) is 0 Å². The zero-order valence-electron chi connectivity index (χ0n) is 10.9. The van der Waals surface area contributed by atoms with Crippen molar-refractivity contribution >= 4 is 40.9 Å². The highest BCUT2D eigenvalue weighted by Crippen LogP contribution is 2.22. The topological polar surface area (TPSA) is 51.0 Å². The fourth-order valence-electron chi connectivity index (χ4n) is 2.47. The number of piperidine rings is 1. The molecule has 0 N–H and O–H groups in total. The summed E-state index contributed by atoms with van der Waals surface area (Å²) in [5.74, 6) is 0.0767. The molecule has 1 aliphatic heterocycles. The van der Waals surface area contributed by atoms with Crippen LogP contribution in [0.15, 0.2) is 24.3 Å². The minimum Gasteiger partial charge on any atom is -0.342 e. The summed E-state index contributed by atoms with van der Waals surface area (Å²) in [7, 11) is 0. The summed E-state index contributed by atoms with van der Waals surface area (Å²) in [6.07, 6.45) is 1.76. The van der Waals surface area contributed by atoms with E-state index in [1.54, 1.807) is 4.80 Å². The zero-order valence-corrected chi connectivity index (χ0v) is 12.5. The third-order valence-corrected chi connectivity index (χ3v) is 3.79. The van der Waals surface area contributed by atoms with Crippen molar-refractivity contribution in [2.45, 2.75) is 18.9 Å². The van der Waals surface area contributed by atoms with Crippen LogP contribution in [0.5, 0.6) is 0 Å². The molecule has 0 unspecified atom stereocenters. The van der Waals surface area contributed by atoms with Gasteiger partial charge in [-0.3, -0.25) is 4.79 Å². The Hall–Kier alpha value is -1.33. The minimum absolute atomic E-state index is 0. The predicted octanol–water partition coefficient (Wildman–Crippen LogP) is 2.26. The molecule has 108 valence electrons. The summed E-state index contributed by atoms with van der Waals surface area (Å²) in [5.41, 5.74) is 1.84. The standard InChI is InChI=1S/C13H15ClN4O.ClH/c14-9-13(19)17-7-5-10(6-8-17)18-15-11-3-1-2-4-12(11)16-18;/h1-4,10H,5-9H2;1H. The number of hydrogen-bond donors (Lipinski definition) is 0. The molecule has 3 rings (SSSR count). The second kappa shape index (κ2) is 6.41. The molecular formula is C13H16Cl2N4O. The number of carbonyl (C=O) groups is 1. The summed E-state index contributed by atoms with van der Waals surface area (Å²) < 4.78 is 0. The number of benzene rings is 1. The first-order chi connectivity index (χ1) is 9.28. The fourth-order valence-corrected chi connectivity index (χ4v) is 2.64. The number of fused-ring (bicyclic) bond motifs is 1. The van der Waals surface area contributed by atoms with Crippen molar-refractivity contribution in [2.75, 3.05) is 19.0 Å². The maximum atomic E-state index is 11.5. The van der Waals surface area contributed by atoms with Gasteiger partial charge in [0.1, 0.15) is 16.9 Å². The molecule has 0 spiro atoms. The van der Waals surface area contributed by atoms with E-state index < -0.39 is 0 Å². The Morgan fingerprint density at radius 1 is 1.20 bits per heavy atom. The Morgan fingerprint density at radius 2 is 1.75 bits per heavy atom. The Labute approximate surface area is 128 Å². The third-order valence-electron chi connectivity index (χ3n) is 3.56. The van der Waals surface area contributed by atoms with Crippen LogP contribution in [0, 0.1) is 0 Å². The van der Waals surface area contributed by atoms with Crippen LogP contribution < -0.4 is 0 Å². The van der Waals surface area contributed by atoms with Gasteiger partial charge in [0.05, 0.1) is 6.04 Å². The first-order valence-electron chi connectivity index (χ1n) is 6.43. The number of nitrogens with zero attached hydrogens (tertiary/aromatic N) is 4. The number of alkyl halides is 1. The van der Waals surface area contributed by atoms with Gasteiger partial charge in [-0.25, -0.2) is 0 Å². The monoisotopic (exact) mass is 314 g/mol. The number of likely N-dealkylation sites (tertiary alicyclic amines) is 1. The van der Waals surface area contributed by atoms with Gasteiger partial charge in [0.15, 0.2) is 0 Å². The second-order valence-corrected chi connectivity index (χ2v) is 5.02. The lowest BCUT2D eigenvalue weighted by molar-refractivity contribution is -0.129. The number of carbonyl (C=O) groups excluding carboxylic acids is 1. The largest absolute Gasteiger partial charge is 0.342 e. The average molecular weight is 315 g/mol. The summed E-state index contributed by atoms with van der Waals surface area (Å²) in [4.78, 5) is 15.1. The maximum Gasteiger partial charge on any atom is 0.237 e. The van der Waals surface area contributed by atoms with Crippen molar-refractivity contribution in [3.8, 4) is 0 Å². The molecule has 0 saturated carbocycles. The highest BCUT2D eigenvalue weighted by atomic mass is 35.5. The predicted molar refractivity (Wildman–Crippen MR) is 80.3 cm³/mol. The SMILES string of the molecule is Cl.O=C(CCl)N1CCC(n2nc3ccccc3n2)CC1. The van der Waals surface area contributed by atoms with E-state index in [4.69, 9.17) is 11.6 Å². The molecule has 1 aromatic heterocycles. The Bertz CT molecular complexity index is 560. The van der Waals surface area contributed by atoms with E-state index in [9.17, 15) is 4.79 Å². The average Bonchev–Trinajstić information content (AvgIpc) is 2.90. The summed E-state index contributed by atoms with van der Waals surface area (Å²) in [5, 5.41) is 9.00. The van der Waals surface area contributed by atoms with Crippen LogP contribution in [-0.4, -0.2) is 44.8 Å². The Morgan fingerprint density at radius 3 is 2.25 bits per heavy atom. The molecule has 20 heavy (non-hydrogen) atoms. The molecule has 1 aromatic carbocycles. The summed E-state index contributed by atoms with van der Waals surface area (Å²) in [6.45, 7) is 1.46. The van der Waals surface area contributed by atoms with Crippen LogP contribution in [0.4, 0.5) is 0 Å². The third kappa shape index (κ3) is 2.88. The van der Waals surface area contributed by atoms with Gasteiger partial charge in [0, 0.05) is 13.1 Å². The van der Waals surface area contributed by atoms with Gasteiger partial charge < -0.3 is 4.90 Å². The van der Waals surface area contributed by atoms with Gasteiger partial charge in [0.25, 0.3) is 0 Å².